The van der Waals surface area contributed by atoms with Gasteiger partial charge in [-0.2, -0.15) is 0 Å². The van der Waals surface area contributed by atoms with E-state index in [0.717, 1.165) is 24.2 Å². The van der Waals surface area contributed by atoms with E-state index in [2.05, 4.69) is 0 Å². The van der Waals surface area contributed by atoms with E-state index in [-0.39, 0.29) is 5.91 Å². The molecule has 3 nitrogen and oxygen atoms in total. The molecule has 0 saturated carbocycles. The Morgan fingerprint density at radius 1 is 1.41 bits per heavy atom. The first-order valence-corrected chi connectivity index (χ1v) is 5.88. The maximum atomic E-state index is 11.9. The van der Waals surface area contributed by atoms with Gasteiger partial charge in [0.2, 0.25) is 5.91 Å². The molecule has 0 spiro atoms. The smallest absolute Gasteiger partial charge is 0.246 e. The Labute approximate surface area is 102 Å². The number of amides is 1. The van der Waals surface area contributed by atoms with Gasteiger partial charge in [-0.25, -0.2) is 0 Å². The van der Waals surface area contributed by atoms with Crippen LogP contribution in [-0.4, -0.2) is 17.4 Å². The van der Waals surface area contributed by atoms with Crippen LogP contribution in [0.1, 0.15) is 25.0 Å². The van der Waals surface area contributed by atoms with Gasteiger partial charge in [0.25, 0.3) is 0 Å². The van der Waals surface area contributed by atoms with E-state index in [1.807, 2.05) is 36.9 Å². The number of rotatable bonds is 1. The molecule has 2 rings (SSSR count). The van der Waals surface area contributed by atoms with E-state index in [4.69, 9.17) is 5.73 Å². The largest absolute Gasteiger partial charge is 0.398 e. The summed E-state index contributed by atoms with van der Waals surface area (Å²) in [4.78, 5) is 13.8. The van der Waals surface area contributed by atoms with E-state index in [0.29, 0.717) is 6.54 Å². The lowest BCUT2D eigenvalue weighted by atomic mass is 9.98. The maximum absolute atomic E-state index is 11.9. The zero-order chi connectivity index (χ0) is 12.4. The third kappa shape index (κ3) is 2.49. The molecule has 1 heterocycles. The molecule has 1 aliphatic heterocycles. The van der Waals surface area contributed by atoms with Gasteiger partial charge in [0.1, 0.15) is 0 Å². The number of allylic oxidation sites excluding steroid dienone is 1. The van der Waals surface area contributed by atoms with Gasteiger partial charge in [-0.3, -0.25) is 4.79 Å². The number of benzene rings is 1. The fourth-order valence-electron chi connectivity index (χ4n) is 2.17. The van der Waals surface area contributed by atoms with Crippen LogP contribution in [0.2, 0.25) is 0 Å². The summed E-state index contributed by atoms with van der Waals surface area (Å²) in [6.45, 7) is 5.30. The molecule has 0 saturated heterocycles. The number of nitrogens with two attached hydrogens (primary N) is 1. The van der Waals surface area contributed by atoms with Crippen LogP contribution in [0, 0.1) is 0 Å². The summed E-state index contributed by atoms with van der Waals surface area (Å²) in [5, 5.41) is 0. The van der Waals surface area contributed by atoms with Gasteiger partial charge >= 0.3 is 0 Å². The zero-order valence-electron chi connectivity index (χ0n) is 10.4. The quantitative estimate of drug-likeness (QED) is 0.593. The molecule has 2 N–H and O–H groups in total. The number of fused-ring (bicyclic) bond motifs is 1. The summed E-state index contributed by atoms with van der Waals surface area (Å²) < 4.78 is 0. The summed E-state index contributed by atoms with van der Waals surface area (Å²) in [7, 11) is 0. The van der Waals surface area contributed by atoms with Crippen molar-refractivity contribution in [3.05, 3.63) is 41.0 Å². The minimum absolute atomic E-state index is 0.0954. The number of nitrogens with zero attached hydrogens (tertiary/aromatic N) is 1. The second-order valence-electron chi connectivity index (χ2n) is 4.72. The Morgan fingerprint density at radius 2 is 2.18 bits per heavy atom. The molecule has 0 atom stereocenters. The Kier molecular flexibility index (Phi) is 3.18. The highest BCUT2D eigenvalue weighted by atomic mass is 16.2. The minimum atomic E-state index is 0.0954. The third-order valence-electron chi connectivity index (χ3n) is 3.03. The average Bonchev–Trinajstić information content (AvgIpc) is 2.28. The van der Waals surface area contributed by atoms with E-state index in [1.54, 1.807) is 6.08 Å². The van der Waals surface area contributed by atoms with Crippen molar-refractivity contribution in [1.29, 1.82) is 0 Å². The lowest BCUT2D eigenvalue weighted by Crippen LogP contribution is -2.35. The van der Waals surface area contributed by atoms with Gasteiger partial charge in [-0.15, -0.1) is 0 Å². The molecule has 0 aromatic heterocycles. The van der Waals surface area contributed by atoms with Gasteiger partial charge in [-0.05, 0) is 37.5 Å². The zero-order valence-corrected chi connectivity index (χ0v) is 10.4. The number of carbonyl (C=O) groups excluding carboxylic acids is 1. The fourth-order valence-corrected chi connectivity index (χ4v) is 2.17. The van der Waals surface area contributed by atoms with Crippen molar-refractivity contribution >= 4 is 11.6 Å². The summed E-state index contributed by atoms with van der Waals surface area (Å²) in [5.74, 6) is 0.0954. The molecule has 1 amide bonds. The number of anilines is 1. The Bertz CT molecular complexity index is 473. The first-order valence-electron chi connectivity index (χ1n) is 5.88. The van der Waals surface area contributed by atoms with Crippen LogP contribution in [0.4, 0.5) is 5.69 Å². The Hall–Kier alpha value is -1.77. The highest BCUT2D eigenvalue weighted by molar-refractivity contribution is 5.88. The number of hydrogen-bond acceptors (Lipinski definition) is 2. The van der Waals surface area contributed by atoms with Crippen LogP contribution in [-0.2, 0) is 17.8 Å². The molecule has 1 aromatic rings. The molecule has 0 fully saturated rings. The highest BCUT2D eigenvalue weighted by Gasteiger charge is 2.20. The van der Waals surface area contributed by atoms with Gasteiger partial charge in [0, 0.05) is 24.9 Å². The monoisotopic (exact) mass is 230 g/mol. The van der Waals surface area contributed by atoms with Gasteiger partial charge < -0.3 is 10.6 Å². The fraction of sp³-hybridized carbons (Fsp3) is 0.357. The molecule has 0 unspecified atom stereocenters. The predicted molar refractivity (Wildman–Crippen MR) is 69.4 cm³/mol. The topological polar surface area (TPSA) is 46.3 Å². The first kappa shape index (κ1) is 11.7. The molecule has 1 aliphatic rings. The minimum Gasteiger partial charge on any atom is -0.398 e. The van der Waals surface area contributed by atoms with Crippen LogP contribution >= 0.6 is 0 Å². The summed E-state index contributed by atoms with van der Waals surface area (Å²) >= 11 is 0. The van der Waals surface area contributed by atoms with Crippen LogP contribution in [0.15, 0.2) is 29.8 Å². The second kappa shape index (κ2) is 4.62. The lowest BCUT2D eigenvalue weighted by Gasteiger charge is -2.28. The molecular formula is C14H18N2O. The lowest BCUT2D eigenvalue weighted by molar-refractivity contribution is -0.126. The molecule has 90 valence electrons. The molecule has 0 bridgehead atoms. The van der Waals surface area contributed by atoms with Crippen LogP contribution in [0.3, 0.4) is 0 Å². The van der Waals surface area contributed by atoms with Gasteiger partial charge in [0.15, 0.2) is 0 Å². The third-order valence-corrected chi connectivity index (χ3v) is 3.03. The first-order chi connectivity index (χ1) is 8.08. The normalized spacial score (nSPS) is 14.1. The van der Waals surface area contributed by atoms with Crippen molar-refractivity contribution in [2.24, 2.45) is 0 Å². The molecule has 1 aromatic carbocycles. The van der Waals surface area contributed by atoms with E-state index >= 15 is 0 Å². The molecule has 0 radical (unpaired) electrons. The number of hydrogen-bond donors (Lipinski definition) is 1. The van der Waals surface area contributed by atoms with E-state index in [9.17, 15) is 4.79 Å². The molecule has 0 aliphatic carbocycles. The summed E-state index contributed by atoms with van der Waals surface area (Å²) in [6, 6.07) is 5.92. The Morgan fingerprint density at radius 3 is 2.88 bits per heavy atom. The van der Waals surface area contributed by atoms with Crippen molar-refractivity contribution < 1.29 is 4.79 Å². The maximum Gasteiger partial charge on any atom is 0.246 e. The van der Waals surface area contributed by atoms with E-state index in [1.165, 1.54) is 11.1 Å². The van der Waals surface area contributed by atoms with Gasteiger partial charge in [-0.1, -0.05) is 17.7 Å². The van der Waals surface area contributed by atoms with Gasteiger partial charge in [0.05, 0.1) is 0 Å². The summed E-state index contributed by atoms with van der Waals surface area (Å²) in [6.07, 6.45) is 2.54. The molecule has 17 heavy (non-hydrogen) atoms. The van der Waals surface area contributed by atoms with Crippen LogP contribution < -0.4 is 5.73 Å². The SMILES string of the molecule is CC(C)=CC(=O)N1CCc2c(N)cccc2C1. The van der Waals surface area contributed by atoms with Crippen molar-refractivity contribution in [2.75, 3.05) is 12.3 Å². The molecular weight excluding hydrogens is 212 g/mol. The van der Waals surface area contributed by atoms with Crippen molar-refractivity contribution in [3.63, 3.8) is 0 Å². The predicted octanol–water partition coefficient (Wildman–Crippen LogP) is 2.12. The number of nitrogen functional groups attached to an aromatic ring is 1. The van der Waals surface area contributed by atoms with Crippen molar-refractivity contribution in [1.82, 2.24) is 4.90 Å². The second-order valence-corrected chi connectivity index (χ2v) is 4.72. The highest BCUT2D eigenvalue weighted by Crippen LogP contribution is 2.24. The van der Waals surface area contributed by atoms with Crippen LogP contribution in [0.25, 0.3) is 0 Å². The summed E-state index contributed by atoms with van der Waals surface area (Å²) in [5.41, 5.74) is 10.2. The molecule has 3 heteroatoms. The standard InChI is InChI=1S/C14H18N2O/c1-10(2)8-14(17)16-7-6-12-11(9-16)4-3-5-13(12)15/h3-5,8H,6-7,9,15H2,1-2H3. The van der Waals surface area contributed by atoms with Crippen LogP contribution in [0.5, 0.6) is 0 Å². The number of carbonyl (C=O) groups is 1. The Balaban J connectivity index is 2.19. The van der Waals surface area contributed by atoms with Crippen molar-refractivity contribution in [2.45, 2.75) is 26.8 Å². The van der Waals surface area contributed by atoms with Crippen molar-refractivity contribution in [3.8, 4) is 0 Å². The average molecular weight is 230 g/mol. The van der Waals surface area contributed by atoms with E-state index < -0.39 is 0 Å².